The Morgan fingerprint density at radius 1 is 1.04 bits per heavy atom. The van der Waals surface area contributed by atoms with Gasteiger partial charge in [-0.2, -0.15) is 4.98 Å². The average molecular weight is 728 g/mol. The van der Waals surface area contributed by atoms with E-state index in [2.05, 4.69) is 59.9 Å². The molecule has 12 nitrogen and oxygen atoms in total. The summed E-state index contributed by atoms with van der Waals surface area (Å²) in [6.45, 7) is 15.8. The number of hydrogen-bond acceptors (Lipinski definition) is 9. The molecule has 0 unspecified atom stereocenters. The van der Waals surface area contributed by atoms with Crippen molar-refractivity contribution < 1.29 is 24.1 Å². The van der Waals surface area contributed by atoms with Gasteiger partial charge in [-0.3, -0.25) is 9.78 Å². The van der Waals surface area contributed by atoms with Gasteiger partial charge in [0.25, 0.3) is 15.9 Å². The molecule has 4 bridgehead atoms. The molecule has 1 aliphatic rings. The molecule has 5 aromatic rings. The molecule has 0 radical (unpaired) electrons. The summed E-state index contributed by atoms with van der Waals surface area (Å²) >= 11 is 0. The number of anilines is 1. The Hall–Kier alpha value is -4.88. The van der Waals surface area contributed by atoms with Gasteiger partial charge in [0.2, 0.25) is 11.8 Å². The molecular weight excluding hydrogens is 679 g/mol. The molecule has 13 heteroatoms. The van der Waals surface area contributed by atoms with Crippen molar-refractivity contribution in [3.05, 3.63) is 88.9 Å². The van der Waals surface area contributed by atoms with Gasteiger partial charge in [-0.25, -0.2) is 23.1 Å². The van der Waals surface area contributed by atoms with E-state index in [-0.39, 0.29) is 54.1 Å². The lowest BCUT2D eigenvalue weighted by Gasteiger charge is -2.35. The van der Waals surface area contributed by atoms with Gasteiger partial charge in [0, 0.05) is 38.0 Å². The Kier molecular flexibility index (Phi) is 10.4. The molecule has 4 heterocycles. The summed E-state index contributed by atoms with van der Waals surface area (Å²) in [4.78, 5) is 35.2. The second kappa shape index (κ2) is 14.6. The molecule has 0 fully saturated rings. The van der Waals surface area contributed by atoms with Crippen LogP contribution >= 0.6 is 0 Å². The number of fused-ring (bicyclic) bond motifs is 5. The van der Waals surface area contributed by atoms with Crippen molar-refractivity contribution in [2.75, 3.05) is 25.0 Å². The van der Waals surface area contributed by atoms with Gasteiger partial charge in [0.05, 0.1) is 41.7 Å². The van der Waals surface area contributed by atoms with Crippen LogP contribution in [-0.4, -0.2) is 70.1 Å². The molecule has 276 valence electrons. The molecule has 1 amide bonds. The third-order valence-corrected chi connectivity index (χ3v) is 10.5. The van der Waals surface area contributed by atoms with E-state index >= 15 is 0 Å². The van der Waals surface area contributed by atoms with Crippen LogP contribution in [0.1, 0.15) is 81.3 Å². The zero-order valence-corrected chi connectivity index (χ0v) is 31.9. The number of aryl methyl sites for hydroxylation is 2. The fraction of sp³-hybridized carbons (Fsp3) is 0.410. The van der Waals surface area contributed by atoms with Crippen LogP contribution in [0.4, 0.5) is 5.95 Å². The van der Waals surface area contributed by atoms with Crippen molar-refractivity contribution in [1.29, 1.82) is 0 Å². The van der Waals surface area contributed by atoms with E-state index in [9.17, 15) is 13.2 Å². The lowest BCUT2D eigenvalue weighted by atomic mass is 9.87. The molecule has 2 aromatic carbocycles. The van der Waals surface area contributed by atoms with Crippen molar-refractivity contribution >= 4 is 33.0 Å². The molecule has 1 atom stereocenters. The number of rotatable bonds is 8. The van der Waals surface area contributed by atoms with Crippen LogP contribution in [0.15, 0.2) is 65.7 Å². The van der Waals surface area contributed by atoms with Crippen LogP contribution in [0.3, 0.4) is 0 Å². The number of aromatic nitrogens is 5. The summed E-state index contributed by atoms with van der Waals surface area (Å²) in [7, 11) is -2.53. The average Bonchev–Trinajstić information content (AvgIpc) is 3.45. The monoisotopic (exact) mass is 727 g/mol. The predicted molar refractivity (Wildman–Crippen MR) is 203 cm³/mol. The molecule has 0 spiro atoms. The minimum Gasteiger partial charge on any atom is -0.475 e. The first-order valence-corrected chi connectivity index (χ1v) is 19.0. The normalized spacial score (nSPS) is 16.2. The van der Waals surface area contributed by atoms with Crippen LogP contribution in [0, 0.1) is 19.3 Å². The maximum absolute atomic E-state index is 14.6. The van der Waals surface area contributed by atoms with Gasteiger partial charge in [-0.15, -0.1) is 0 Å². The molecule has 3 aromatic heterocycles. The van der Waals surface area contributed by atoms with Crippen LogP contribution in [-0.2, 0) is 27.8 Å². The van der Waals surface area contributed by atoms with E-state index in [1.54, 1.807) is 36.4 Å². The third-order valence-electron chi connectivity index (χ3n) is 9.16. The lowest BCUT2D eigenvalue weighted by molar-refractivity contribution is 0.0509. The first-order valence-electron chi connectivity index (χ1n) is 17.5. The summed E-state index contributed by atoms with van der Waals surface area (Å²) in [5, 5.41) is 0. The number of amides is 1. The molecule has 6 rings (SSSR count). The van der Waals surface area contributed by atoms with Crippen LogP contribution in [0.2, 0.25) is 0 Å². The lowest BCUT2D eigenvalue weighted by Crippen LogP contribution is -2.45. The molecule has 0 aliphatic carbocycles. The number of carbonyl (C=O) groups excluding carboxylic acids is 1. The summed E-state index contributed by atoms with van der Waals surface area (Å²) in [5.41, 5.74) is 6.47. The highest BCUT2D eigenvalue weighted by atomic mass is 32.2. The molecule has 0 saturated heterocycles. The Labute approximate surface area is 307 Å². The maximum atomic E-state index is 14.6. The second-order valence-corrected chi connectivity index (χ2v) is 16.6. The summed E-state index contributed by atoms with van der Waals surface area (Å²) in [6.07, 6.45) is 2.27. The van der Waals surface area contributed by atoms with E-state index in [0.29, 0.717) is 36.6 Å². The molecule has 1 aliphatic heterocycles. The number of nitrogens with one attached hydrogen (secondary N) is 1. The molecule has 1 N–H and O–H groups in total. The van der Waals surface area contributed by atoms with Gasteiger partial charge in [0.1, 0.15) is 12.1 Å². The van der Waals surface area contributed by atoms with Crippen molar-refractivity contribution in [3.8, 4) is 17.1 Å². The highest BCUT2D eigenvalue weighted by Gasteiger charge is 2.32. The molecular formula is C39H49N7O5S. The minimum atomic E-state index is -4.20. The first-order chi connectivity index (χ1) is 24.6. The standard InChI is InChI=1S/C39H47N7O5S.H2/c1-24(2)33-18-32-36(45(33)15-16-50-8)41-28(21-40-32)22-46-29(20-39(5,6)7)23-51-34-19-31(35-25(3)11-9-12-26(35)4)42-38(43-34)44-52(48,49)30-14-10-13-27(17-30)37(46)47;/h9-14,17-19,21,24,29H,15-16,20,22-23H2,1-8H3,(H,42,43,44);1H/t29-;/m1./s1. The predicted octanol–water partition coefficient (Wildman–Crippen LogP) is 7.16. The van der Waals surface area contributed by atoms with Crippen LogP contribution in [0.5, 0.6) is 5.88 Å². The third kappa shape index (κ3) is 7.95. The highest BCUT2D eigenvalue weighted by Crippen LogP contribution is 2.32. The summed E-state index contributed by atoms with van der Waals surface area (Å²) < 4.78 is 44.1. The number of methoxy groups -OCH3 is 1. The fourth-order valence-corrected chi connectivity index (χ4v) is 7.75. The fourth-order valence-electron chi connectivity index (χ4n) is 6.76. The van der Waals surface area contributed by atoms with E-state index in [1.807, 2.05) is 32.0 Å². The van der Waals surface area contributed by atoms with E-state index in [0.717, 1.165) is 27.9 Å². The molecule has 0 saturated carbocycles. The quantitative estimate of drug-likeness (QED) is 0.176. The number of ether oxygens (including phenoxy) is 2. The smallest absolute Gasteiger partial charge is 0.264 e. The first kappa shape index (κ1) is 36.9. The van der Waals surface area contributed by atoms with E-state index in [1.165, 1.54) is 12.1 Å². The second-order valence-electron chi connectivity index (χ2n) is 14.9. The number of benzene rings is 2. The number of carbonyl (C=O) groups is 1. The zero-order valence-electron chi connectivity index (χ0n) is 31.1. The summed E-state index contributed by atoms with van der Waals surface area (Å²) in [6, 6.07) is 15.2. The molecule has 52 heavy (non-hydrogen) atoms. The Morgan fingerprint density at radius 2 is 1.77 bits per heavy atom. The SMILES string of the molecule is COCCn1c(C(C)C)cc2ncc(CN3C(=O)c4cccc(c4)S(=O)(=O)Nc4nc(cc(-c5c(C)cccc5C)n4)OC[C@H]3CC(C)(C)C)nc21.[HH]. The topological polar surface area (TPSA) is 141 Å². The van der Waals surface area contributed by atoms with Crippen LogP contribution in [0.25, 0.3) is 22.4 Å². The summed E-state index contributed by atoms with van der Waals surface area (Å²) in [5.74, 6) is -0.0687. The number of sulfonamides is 1. The Balaban J connectivity index is 0.00000541. The largest absolute Gasteiger partial charge is 0.475 e. The van der Waals surface area contributed by atoms with Gasteiger partial charge >= 0.3 is 0 Å². The Bertz CT molecular complexity index is 2210. The van der Waals surface area contributed by atoms with Gasteiger partial charge in [-0.05, 0) is 67.0 Å². The van der Waals surface area contributed by atoms with Gasteiger partial charge in [-0.1, -0.05) is 58.9 Å². The van der Waals surface area contributed by atoms with Crippen molar-refractivity contribution in [3.63, 3.8) is 0 Å². The van der Waals surface area contributed by atoms with Gasteiger partial charge < -0.3 is 18.9 Å². The van der Waals surface area contributed by atoms with Crippen LogP contribution < -0.4 is 9.46 Å². The van der Waals surface area contributed by atoms with Crippen molar-refractivity contribution in [2.24, 2.45) is 5.41 Å². The maximum Gasteiger partial charge on any atom is 0.264 e. The van der Waals surface area contributed by atoms with Crippen molar-refractivity contribution in [1.82, 2.24) is 29.4 Å². The van der Waals surface area contributed by atoms with E-state index in [4.69, 9.17) is 19.4 Å². The number of nitrogens with zero attached hydrogens (tertiary/aromatic N) is 6. The zero-order chi connectivity index (χ0) is 37.4. The minimum absolute atomic E-state index is 0. The van der Waals surface area contributed by atoms with Gasteiger partial charge in [0.15, 0.2) is 5.65 Å². The van der Waals surface area contributed by atoms with E-state index < -0.39 is 16.1 Å². The number of hydrogen-bond donors (Lipinski definition) is 1. The highest BCUT2D eigenvalue weighted by molar-refractivity contribution is 7.92. The Morgan fingerprint density at radius 3 is 2.46 bits per heavy atom. The van der Waals surface area contributed by atoms with Crippen molar-refractivity contribution in [2.45, 2.75) is 84.8 Å².